The summed E-state index contributed by atoms with van der Waals surface area (Å²) in [5.41, 5.74) is 8.04. The van der Waals surface area contributed by atoms with E-state index in [2.05, 4.69) is 9.97 Å². The second kappa shape index (κ2) is 10.5. The summed E-state index contributed by atoms with van der Waals surface area (Å²) in [5, 5.41) is 0. The van der Waals surface area contributed by atoms with Gasteiger partial charge in [0.05, 0.1) is 18.4 Å². The molecule has 2 N–H and O–H groups in total. The first-order valence-corrected chi connectivity index (χ1v) is 10.1. The first-order valence-electron chi connectivity index (χ1n) is 8.86. The van der Waals surface area contributed by atoms with Gasteiger partial charge in [0.2, 0.25) is 5.56 Å². The van der Waals surface area contributed by atoms with Crippen LogP contribution in [-0.4, -0.2) is 36.2 Å². The van der Waals surface area contributed by atoms with Crippen molar-refractivity contribution in [3.05, 3.63) is 59.0 Å². The zero-order valence-corrected chi connectivity index (χ0v) is 17.3. The zero-order chi connectivity index (χ0) is 21.4. The van der Waals surface area contributed by atoms with Gasteiger partial charge in [-0.2, -0.15) is 0 Å². The third kappa shape index (κ3) is 6.23. The highest BCUT2D eigenvalue weighted by molar-refractivity contribution is 7.79. The number of nitrogen functional groups attached to an aromatic ring is 1. The number of hydrogen-bond acceptors (Lipinski definition) is 7. The summed E-state index contributed by atoms with van der Waals surface area (Å²) >= 11 is -1.82. The summed E-state index contributed by atoms with van der Waals surface area (Å²) in [5.74, 6) is 1.79. The number of nitrogens with two attached hydrogens (primary N) is 1. The fourth-order valence-corrected chi connectivity index (χ4v) is 2.81. The maximum Gasteiger partial charge on any atom is 0.250 e. The van der Waals surface area contributed by atoms with Crippen LogP contribution >= 0.6 is 0 Å². The summed E-state index contributed by atoms with van der Waals surface area (Å²) in [7, 11) is 3.29. The number of benzene rings is 1. The molecule has 0 aliphatic carbocycles. The number of para-hydroxylation sites is 1. The van der Waals surface area contributed by atoms with E-state index in [1.807, 2.05) is 31.2 Å². The van der Waals surface area contributed by atoms with Crippen molar-refractivity contribution < 1.29 is 13.5 Å². The molecule has 29 heavy (non-hydrogen) atoms. The van der Waals surface area contributed by atoms with Gasteiger partial charge in [-0.1, -0.05) is 30.1 Å². The molecule has 0 spiro atoms. The molecule has 0 bridgehead atoms. The normalized spacial score (nSPS) is 11.3. The van der Waals surface area contributed by atoms with E-state index in [4.69, 9.17) is 10.5 Å². The van der Waals surface area contributed by atoms with E-state index in [0.717, 1.165) is 17.5 Å². The van der Waals surface area contributed by atoms with E-state index in [9.17, 15) is 13.6 Å². The highest BCUT2D eigenvalue weighted by Crippen LogP contribution is 2.29. The van der Waals surface area contributed by atoms with Crippen molar-refractivity contribution in [2.75, 3.05) is 18.6 Å². The van der Waals surface area contributed by atoms with E-state index < -0.39 is 11.1 Å². The van der Waals surface area contributed by atoms with E-state index >= 15 is 0 Å². The van der Waals surface area contributed by atoms with Crippen LogP contribution in [0, 0.1) is 0 Å². The Hall–Kier alpha value is -3.04. The van der Waals surface area contributed by atoms with Gasteiger partial charge in [-0.05, 0) is 24.6 Å². The van der Waals surface area contributed by atoms with Crippen LogP contribution in [0.15, 0.2) is 53.5 Å². The molecule has 0 radical (unpaired) electrons. The van der Waals surface area contributed by atoms with E-state index in [0.29, 0.717) is 28.8 Å². The highest BCUT2D eigenvalue weighted by Gasteiger charge is 2.11. The SMILES string of the molecule is CCCS(=O)[O-].COc1ccccc1-c1nc(N)cc(-c2ccc(=O)n(C)c2)n1. The molecule has 1 aromatic carbocycles. The average Bonchev–Trinajstić information content (AvgIpc) is 2.70. The Balaban J connectivity index is 0.000000438. The predicted octanol–water partition coefficient (Wildman–Crippen LogP) is 2.38. The lowest BCUT2D eigenvalue weighted by atomic mass is 10.1. The van der Waals surface area contributed by atoms with Crippen LogP contribution in [0.2, 0.25) is 0 Å². The molecule has 0 amide bonds. The lowest BCUT2D eigenvalue weighted by Gasteiger charge is -2.10. The Labute approximate surface area is 171 Å². The van der Waals surface area contributed by atoms with Gasteiger partial charge < -0.3 is 19.6 Å². The van der Waals surface area contributed by atoms with Crippen LogP contribution in [0.1, 0.15) is 13.3 Å². The van der Waals surface area contributed by atoms with Crippen LogP contribution in [0.4, 0.5) is 5.82 Å². The smallest absolute Gasteiger partial charge is 0.250 e. The van der Waals surface area contributed by atoms with Gasteiger partial charge in [-0.3, -0.25) is 9.00 Å². The lowest BCUT2D eigenvalue weighted by Crippen LogP contribution is -2.14. The third-order valence-corrected chi connectivity index (χ3v) is 4.59. The summed E-state index contributed by atoms with van der Waals surface area (Å²) in [6, 6.07) is 12.4. The number of aryl methyl sites for hydroxylation is 1. The van der Waals surface area contributed by atoms with Crippen molar-refractivity contribution in [3.8, 4) is 28.4 Å². The number of methoxy groups -OCH3 is 1. The largest absolute Gasteiger partial charge is 0.772 e. The molecule has 2 aromatic heterocycles. The first kappa shape index (κ1) is 22.3. The van der Waals surface area contributed by atoms with Gasteiger partial charge in [0.15, 0.2) is 5.82 Å². The van der Waals surface area contributed by atoms with E-state index in [-0.39, 0.29) is 5.56 Å². The van der Waals surface area contributed by atoms with Gasteiger partial charge in [0, 0.05) is 36.7 Å². The summed E-state index contributed by atoms with van der Waals surface area (Å²) in [4.78, 5) is 20.4. The number of ether oxygens (including phenoxy) is 1. The molecular weight excluding hydrogens is 392 g/mol. The van der Waals surface area contributed by atoms with Gasteiger partial charge in [-0.15, -0.1) is 0 Å². The van der Waals surface area contributed by atoms with Crippen molar-refractivity contribution in [1.29, 1.82) is 0 Å². The Bertz CT molecular complexity index is 1050. The molecule has 1 unspecified atom stereocenters. The second-order valence-corrected chi connectivity index (χ2v) is 7.09. The van der Waals surface area contributed by atoms with Crippen molar-refractivity contribution in [1.82, 2.24) is 14.5 Å². The maximum atomic E-state index is 11.5. The fourth-order valence-electron chi connectivity index (χ4n) is 2.48. The minimum absolute atomic E-state index is 0.0827. The van der Waals surface area contributed by atoms with Crippen LogP contribution in [0.25, 0.3) is 22.6 Å². The molecule has 0 aliphatic heterocycles. The number of pyridine rings is 1. The average molecular weight is 415 g/mol. The molecule has 0 fully saturated rings. The summed E-state index contributed by atoms with van der Waals surface area (Å²) in [6.45, 7) is 1.83. The monoisotopic (exact) mass is 415 g/mol. The number of nitrogens with zero attached hydrogens (tertiary/aromatic N) is 3. The Morgan fingerprint density at radius 3 is 2.52 bits per heavy atom. The van der Waals surface area contributed by atoms with Crippen LogP contribution in [0.5, 0.6) is 5.75 Å². The van der Waals surface area contributed by atoms with E-state index in [1.165, 1.54) is 10.6 Å². The molecule has 0 saturated heterocycles. The molecule has 154 valence electrons. The van der Waals surface area contributed by atoms with E-state index in [1.54, 1.807) is 32.5 Å². The molecule has 2 heterocycles. The summed E-state index contributed by atoms with van der Waals surface area (Å²) < 4.78 is 26.0. The van der Waals surface area contributed by atoms with Crippen molar-refractivity contribution in [2.45, 2.75) is 13.3 Å². The van der Waals surface area contributed by atoms with Gasteiger partial charge >= 0.3 is 0 Å². The molecule has 3 aromatic rings. The van der Waals surface area contributed by atoms with Gasteiger partial charge in [0.25, 0.3) is 0 Å². The van der Waals surface area contributed by atoms with Gasteiger partial charge in [0.1, 0.15) is 11.6 Å². The minimum atomic E-state index is -1.82. The van der Waals surface area contributed by atoms with Crippen LogP contribution in [0.3, 0.4) is 0 Å². The molecular formula is C20H23N4O4S-. The quantitative estimate of drug-likeness (QED) is 0.635. The molecule has 1 atom stereocenters. The van der Waals surface area contributed by atoms with Crippen molar-refractivity contribution in [2.24, 2.45) is 7.05 Å². The fraction of sp³-hybridized carbons (Fsp3) is 0.250. The third-order valence-electron chi connectivity index (χ3n) is 3.85. The number of aromatic nitrogens is 3. The molecule has 0 aliphatic rings. The van der Waals surface area contributed by atoms with Crippen LogP contribution < -0.4 is 16.0 Å². The zero-order valence-electron chi connectivity index (χ0n) is 16.5. The predicted molar refractivity (Wildman–Crippen MR) is 113 cm³/mol. The molecule has 8 nitrogen and oxygen atoms in total. The topological polar surface area (TPSA) is 123 Å². The highest BCUT2D eigenvalue weighted by atomic mass is 32.2. The molecule has 9 heteroatoms. The second-order valence-electron chi connectivity index (χ2n) is 6.08. The van der Waals surface area contributed by atoms with Gasteiger partial charge in [-0.25, -0.2) is 9.97 Å². The van der Waals surface area contributed by atoms with Crippen molar-refractivity contribution >= 4 is 16.9 Å². The number of hydrogen-bond donors (Lipinski definition) is 1. The Morgan fingerprint density at radius 1 is 1.21 bits per heavy atom. The minimum Gasteiger partial charge on any atom is -0.772 e. The lowest BCUT2D eigenvalue weighted by molar-refractivity contribution is 0.416. The van der Waals surface area contributed by atoms with Crippen LogP contribution in [-0.2, 0) is 18.1 Å². The Morgan fingerprint density at radius 2 is 1.93 bits per heavy atom. The number of anilines is 1. The standard InChI is InChI=1S/C17H16N4O2.C3H8O2S/c1-21-10-11(7-8-16(21)22)13-9-15(18)20-17(19-13)12-5-3-4-6-14(12)23-2;1-2-3-6(4)5/h3-10H,1-2H3,(H2,18,19,20);2-3H2,1H3,(H,4,5)/p-1. The summed E-state index contributed by atoms with van der Waals surface area (Å²) in [6.07, 6.45) is 2.44. The Kier molecular flexibility index (Phi) is 8.05. The number of rotatable bonds is 5. The van der Waals surface area contributed by atoms with Crippen molar-refractivity contribution in [3.63, 3.8) is 0 Å². The molecule has 3 rings (SSSR count). The first-order chi connectivity index (χ1) is 13.8. The molecule has 0 saturated carbocycles. The maximum absolute atomic E-state index is 11.5.